The van der Waals surface area contributed by atoms with E-state index in [9.17, 15) is 0 Å². The molecule has 0 radical (unpaired) electrons. The Morgan fingerprint density at radius 1 is 0.236 bits per heavy atom. The summed E-state index contributed by atoms with van der Waals surface area (Å²) in [6, 6.07) is 71.2. The third-order valence-corrected chi connectivity index (χ3v) is 11.8. The highest BCUT2D eigenvalue weighted by atomic mass is 16.3. The molecule has 1 aromatic heterocycles. The second kappa shape index (κ2) is 11.6. The molecular weight excluding hydrogens is 665 g/mol. The SMILES string of the molecule is c1ccc2cc(-c3c4ccccc4c(-c4ccc5cc(-c6ccc7c(ccc8c9cc%10ccccc%10cc9oc78)c6)ccc5c4)c4ccccc34)ccc2c1. The van der Waals surface area contributed by atoms with Crippen molar-refractivity contribution in [2.45, 2.75) is 0 Å². The average molecular weight is 697 g/mol. The molecule has 1 heterocycles. The van der Waals surface area contributed by atoms with Crippen LogP contribution in [0.5, 0.6) is 0 Å². The van der Waals surface area contributed by atoms with E-state index in [1.54, 1.807) is 0 Å². The van der Waals surface area contributed by atoms with Gasteiger partial charge in [0.1, 0.15) is 11.2 Å². The van der Waals surface area contributed by atoms with Crippen LogP contribution in [-0.2, 0) is 0 Å². The predicted octanol–water partition coefficient (Wildman–Crippen LogP) is 15.5. The summed E-state index contributed by atoms with van der Waals surface area (Å²) in [5.74, 6) is 0. The first-order chi connectivity index (χ1) is 27.2. The fourth-order valence-electron chi connectivity index (χ4n) is 9.10. The van der Waals surface area contributed by atoms with Crippen molar-refractivity contribution < 1.29 is 4.42 Å². The van der Waals surface area contributed by atoms with Crippen LogP contribution < -0.4 is 0 Å². The number of fused-ring (bicyclic) bond motifs is 10. The van der Waals surface area contributed by atoms with Crippen molar-refractivity contribution >= 4 is 86.6 Å². The molecule has 0 unspecified atom stereocenters. The molecule has 0 aliphatic carbocycles. The van der Waals surface area contributed by atoms with Gasteiger partial charge < -0.3 is 4.42 Å². The topological polar surface area (TPSA) is 13.1 Å². The molecule has 1 nitrogen and oxygen atoms in total. The maximum absolute atomic E-state index is 6.52. The molecule has 12 aromatic rings. The van der Waals surface area contributed by atoms with Gasteiger partial charge in [0.05, 0.1) is 0 Å². The Balaban J connectivity index is 0.965. The zero-order valence-electron chi connectivity index (χ0n) is 29.9. The second-order valence-corrected chi connectivity index (χ2v) is 14.9. The van der Waals surface area contributed by atoms with Crippen LogP contribution in [0.1, 0.15) is 0 Å². The van der Waals surface area contributed by atoms with Crippen molar-refractivity contribution in [2.75, 3.05) is 0 Å². The first-order valence-electron chi connectivity index (χ1n) is 19.0. The van der Waals surface area contributed by atoms with E-state index in [0.717, 1.165) is 27.3 Å². The summed E-state index contributed by atoms with van der Waals surface area (Å²) in [5, 5.41) is 17.1. The number of hydrogen-bond donors (Lipinski definition) is 0. The zero-order valence-corrected chi connectivity index (χ0v) is 29.9. The minimum atomic E-state index is 0.932. The van der Waals surface area contributed by atoms with E-state index >= 15 is 0 Å². The molecule has 0 N–H and O–H groups in total. The van der Waals surface area contributed by atoms with Crippen molar-refractivity contribution in [1.29, 1.82) is 0 Å². The minimum absolute atomic E-state index is 0.932. The smallest absolute Gasteiger partial charge is 0.143 e. The summed E-state index contributed by atoms with van der Waals surface area (Å²) in [6.07, 6.45) is 0. The number of furan rings is 1. The molecule has 0 atom stereocenters. The van der Waals surface area contributed by atoms with Crippen LogP contribution in [0.2, 0.25) is 0 Å². The average Bonchev–Trinajstić information content (AvgIpc) is 3.61. The summed E-state index contributed by atoms with van der Waals surface area (Å²) in [6.45, 7) is 0. The first kappa shape index (κ1) is 30.3. The van der Waals surface area contributed by atoms with Crippen molar-refractivity contribution in [2.24, 2.45) is 0 Å². The first-order valence-corrected chi connectivity index (χ1v) is 19.0. The largest absolute Gasteiger partial charge is 0.455 e. The van der Waals surface area contributed by atoms with Gasteiger partial charge in [0.2, 0.25) is 0 Å². The fraction of sp³-hybridized carbons (Fsp3) is 0. The van der Waals surface area contributed by atoms with Crippen molar-refractivity contribution in [3.8, 4) is 33.4 Å². The van der Waals surface area contributed by atoms with Gasteiger partial charge in [-0.2, -0.15) is 0 Å². The van der Waals surface area contributed by atoms with Gasteiger partial charge in [-0.25, -0.2) is 0 Å². The predicted molar refractivity (Wildman–Crippen MR) is 235 cm³/mol. The maximum atomic E-state index is 6.52. The molecule has 254 valence electrons. The lowest BCUT2D eigenvalue weighted by molar-refractivity contribution is 0.673. The normalized spacial score (nSPS) is 12.0. The third kappa shape index (κ3) is 4.67. The lowest BCUT2D eigenvalue weighted by atomic mass is 9.85. The summed E-state index contributed by atoms with van der Waals surface area (Å²) in [4.78, 5) is 0. The highest BCUT2D eigenvalue weighted by Crippen LogP contribution is 2.45. The van der Waals surface area contributed by atoms with E-state index in [1.807, 2.05) is 0 Å². The van der Waals surface area contributed by atoms with E-state index in [-0.39, 0.29) is 0 Å². The fourth-order valence-corrected chi connectivity index (χ4v) is 9.10. The Hall–Kier alpha value is -7.22. The van der Waals surface area contributed by atoms with Crippen molar-refractivity contribution in [3.05, 3.63) is 194 Å². The molecule has 12 rings (SSSR count). The lowest BCUT2D eigenvalue weighted by Gasteiger charge is -2.18. The number of hydrogen-bond acceptors (Lipinski definition) is 1. The van der Waals surface area contributed by atoms with Crippen LogP contribution in [0.4, 0.5) is 0 Å². The Labute approximate surface area is 317 Å². The third-order valence-electron chi connectivity index (χ3n) is 11.8. The molecule has 0 spiro atoms. The van der Waals surface area contributed by atoms with E-state index in [0.29, 0.717) is 0 Å². The Morgan fingerprint density at radius 2 is 0.636 bits per heavy atom. The molecule has 0 saturated carbocycles. The Morgan fingerprint density at radius 3 is 1.25 bits per heavy atom. The van der Waals surface area contributed by atoms with E-state index < -0.39 is 0 Å². The lowest BCUT2D eigenvalue weighted by Crippen LogP contribution is -1.91. The van der Waals surface area contributed by atoms with E-state index in [4.69, 9.17) is 4.42 Å². The molecule has 0 aliphatic rings. The van der Waals surface area contributed by atoms with Crippen LogP contribution in [0.25, 0.3) is 120 Å². The van der Waals surface area contributed by atoms with E-state index in [2.05, 4.69) is 194 Å². The molecule has 0 fully saturated rings. The standard InChI is InChI=1S/C54H32O/c1-2-10-34-29-42(21-17-33(34)9-1)52-45-13-5-7-15-47(45)53(48-16-8-6-14-46(48)52)43-22-20-38-27-37(18-19-39(38)30-43)40-23-25-44-41(28-40)24-26-49-50-31-35-11-3-4-12-36(35)32-51(50)55-54(44)49/h1-32H. The van der Waals surface area contributed by atoms with Crippen molar-refractivity contribution in [3.63, 3.8) is 0 Å². The summed E-state index contributed by atoms with van der Waals surface area (Å²) < 4.78 is 6.52. The van der Waals surface area contributed by atoms with Gasteiger partial charge in [-0.3, -0.25) is 0 Å². The van der Waals surface area contributed by atoms with Gasteiger partial charge in [-0.1, -0.05) is 146 Å². The number of rotatable bonds is 3. The van der Waals surface area contributed by atoms with Crippen LogP contribution in [-0.4, -0.2) is 0 Å². The molecule has 0 aliphatic heterocycles. The second-order valence-electron chi connectivity index (χ2n) is 14.9. The van der Waals surface area contributed by atoms with Gasteiger partial charge in [-0.05, 0) is 141 Å². The quantitative estimate of drug-likeness (QED) is 0.168. The van der Waals surface area contributed by atoms with Crippen molar-refractivity contribution in [1.82, 2.24) is 0 Å². The molecule has 1 heteroatoms. The monoisotopic (exact) mass is 696 g/mol. The van der Waals surface area contributed by atoms with Gasteiger partial charge in [0.25, 0.3) is 0 Å². The van der Waals surface area contributed by atoms with Crippen LogP contribution in [0.3, 0.4) is 0 Å². The molecule has 0 amide bonds. The van der Waals surface area contributed by atoms with Crippen LogP contribution in [0, 0.1) is 0 Å². The summed E-state index contributed by atoms with van der Waals surface area (Å²) in [7, 11) is 0. The molecule has 11 aromatic carbocycles. The highest BCUT2D eigenvalue weighted by molar-refractivity contribution is 6.22. The van der Waals surface area contributed by atoms with Gasteiger partial charge >= 0.3 is 0 Å². The maximum Gasteiger partial charge on any atom is 0.143 e. The van der Waals surface area contributed by atoms with Crippen LogP contribution in [0.15, 0.2) is 199 Å². The molecule has 0 bridgehead atoms. The summed E-state index contributed by atoms with van der Waals surface area (Å²) in [5.41, 5.74) is 9.32. The van der Waals surface area contributed by atoms with Crippen LogP contribution >= 0.6 is 0 Å². The number of benzene rings is 11. The van der Waals surface area contributed by atoms with E-state index in [1.165, 1.54) is 92.6 Å². The van der Waals surface area contributed by atoms with Gasteiger partial charge in [0.15, 0.2) is 0 Å². The van der Waals surface area contributed by atoms with Gasteiger partial charge in [-0.15, -0.1) is 0 Å². The minimum Gasteiger partial charge on any atom is -0.455 e. The Bertz CT molecular complexity index is 3490. The van der Waals surface area contributed by atoms with Gasteiger partial charge in [0, 0.05) is 16.2 Å². The zero-order chi connectivity index (χ0) is 36.0. The molecule has 55 heavy (non-hydrogen) atoms. The molecular formula is C54H32O. The molecule has 0 saturated heterocycles. The highest BCUT2D eigenvalue weighted by Gasteiger charge is 2.18. The Kier molecular flexibility index (Phi) is 6.40. The summed E-state index contributed by atoms with van der Waals surface area (Å²) >= 11 is 0.